The first kappa shape index (κ1) is 15.7. The third-order valence-corrected chi connectivity index (χ3v) is 3.57. The van der Waals surface area contributed by atoms with Crippen LogP contribution in [0.5, 0.6) is 5.75 Å². The minimum atomic E-state index is -0.919. The Labute approximate surface area is 138 Å². The summed E-state index contributed by atoms with van der Waals surface area (Å²) in [7, 11) is 0. The van der Waals surface area contributed by atoms with Crippen molar-refractivity contribution in [3.05, 3.63) is 106 Å². The van der Waals surface area contributed by atoms with Gasteiger partial charge in [0.15, 0.2) is 0 Å². The van der Waals surface area contributed by atoms with Crippen LogP contribution >= 0.6 is 0 Å². The molecule has 0 radical (unpaired) electrons. The number of benzene rings is 3. The molecule has 0 unspecified atom stereocenters. The Morgan fingerprint density at radius 3 is 1.88 bits per heavy atom. The summed E-state index contributed by atoms with van der Waals surface area (Å²) in [5.74, 6) is -0.687. The fraction of sp³-hybridized carbons (Fsp3) is 0.0526. The van der Waals surface area contributed by atoms with Crippen molar-refractivity contribution in [1.82, 2.24) is 0 Å². The van der Waals surface area contributed by atoms with Gasteiger partial charge in [-0.2, -0.15) is 4.39 Å². The average Bonchev–Trinajstić information content (AvgIpc) is 2.61. The summed E-state index contributed by atoms with van der Waals surface area (Å²) in [6.45, 7) is 0. The highest BCUT2D eigenvalue weighted by atomic mass is 19.1. The van der Waals surface area contributed by atoms with Crippen LogP contribution in [0.25, 0.3) is 0 Å². The van der Waals surface area contributed by atoms with Crippen molar-refractivity contribution in [2.24, 2.45) is 0 Å². The first-order valence-corrected chi connectivity index (χ1v) is 7.35. The van der Waals surface area contributed by atoms with E-state index in [-0.39, 0.29) is 5.75 Å². The fourth-order valence-electron chi connectivity index (χ4n) is 2.43. The van der Waals surface area contributed by atoms with Gasteiger partial charge in [-0.3, -0.25) is 10.1 Å². The number of nitro benzene ring substituents is 1. The number of halogens is 1. The number of ether oxygens (including phenoxy) is 1. The van der Waals surface area contributed by atoms with Crippen molar-refractivity contribution in [2.45, 2.75) is 6.10 Å². The van der Waals surface area contributed by atoms with Crippen molar-refractivity contribution in [2.75, 3.05) is 0 Å². The maximum Gasteiger partial charge on any atom is 0.305 e. The van der Waals surface area contributed by atoms with Gasteiger partial charge in [-0.1, -0.05) is 60.7 Å². The van der Waals surface area contributed by atoms with E-state index < -0.39 is 22.5 Å². The molecule has 4 nitrogen and oxygen atoms in total. The number of rotatable bonds is 5. The number of hydrogen-bond donors (Lipinski definition) is 0. The highest BCUT2D eigenvalue weighted by molar-refractivity contribution is 5.39. The summed E-state index contributed by atoms with van der Waals surface area (Å²) in [5, 5.41) is 10.7. The van der Waals surface area contributed by atoms with Crippen LogP contribution in [0.4, 0.5) is 10.1 Å². The van der Waals surface area contributed by atoms with Gasteiger partial charge in [0.2, 0.25) is 5.82 Å². The smallest absolute Gasteiger partial charge is 0.305 e. The van der Waals surface area contributed by atoms with Crippen LogP contribution in [-0.2, 0) is 0 Å². The number of nitrogens with zero attached hydrogens (tertiary/aromatic N) is 1. The van der Waals surface area contributed by atoms with Crippen molar-refractivity contribution in [3.63, 3.8) is 0 Å². The van der Waals surface area contributed by atoms with Gasteiger partial charge in [0.05, 0.1) is 4.92 Å². The van der Waals surface area contributed by atoms with Gasteiger partial charge in [0.25, 0.3) is 0 Å². The molecular weight excluding hydrogens is 309 g/mol. The van der Waals surface area contributed by atoms with Crippen LogP contribution in [0.15, 0.2) is 78.9 Å². The monoisotopic (exact) mass is 323 g/mol. The maximum atomic E-state index is 13.8. The third-order valence-electron chi connectivity index (χ3n) is 3.57. The lowest BCUT2D eigenvalue weighted by Crippen LogP contribution is -2.09. The summed E-state index contributed by atoms with van der Waals surface area (Å²) in [6.07, 6.45) is -0.437. The van der Waals surface area contributed by atoms with Crippen molar-refractivity contribution >= 4 is 5.69 Å². The standard InChI is InChI=1S/C19H14FNO3/c20-17-13-16(11-12-18(17)21(22)23)24-19(14-7-3-1-4-8-14)15-9-5-2-6-10-15/h1-13,19H. The lowest BCUT2D eigenvalue weighted by Gasteiger charge is -2.20. The topological polar surface area (TPSA) is 52.4 Å². The molecule has 0 bridgehead atoms. The first-order chi connectivity index (χ1) is 11.6. The molecule has 0 N–H and O–H groups in total. The molecule has 3 rings (SSSR count). The lowest BCUT2D eigenvalue weighted by molar-refractivity contribution is -0.387. The van der Waals surface area contributed by atoms with Gasteiger partial charge in [0.1, 0.15) is 11.9 Å². The maximum absolute atomic E-state index is 13.8. The molecule has 0 atom stereocenters. The molecular formula is C19H14FNO3. The molecule has 5 heteroatoms. The van der Waals surface area contributed by atoms with Crippen LogP contribution in [0.3, 0.4) is 0 Å². The first-order valence-electron chi connectivity index (χ1n) is 7.35. The van der Waals surface area contributed by atoms with Gasteiger partial charge in [0, 0.05) is 12.1 Å². The molecule has 0 amide bonds. The minimum absolute atomic E-state index is 0.232. The normalized spacial score (nSPS) is 10.6. The molecule has 0 aliphatic carbocycles. The number of nitro groups is 1. The quantitative estimate of drug-likeness (QED) is 0.495. The van der Waals surface area contributed by atoms with Crippen LogP contribution in [-0.4, -0.2) is 4.92 Å². The Hall–Kier alpha value is -3.21. The molecule has 120 valence electrons. The summed E-state index contributed by atoms with van der Waals surface area (Å²) in [4.78, 5) is 9.96. The summed E-state index contributed by atoms with van der Waals surface area (Å²) in [5.41, 5.74) is 1.24. The second-order valence-corrected chi connectivity index (χ2v) is 5.19. The van der Waals surface area contributed by atoms with Crippen molar-refractivity contribution in [3.8, 4) is 5.75 Å². The summed E-state index contributed by atoms with van der Waals surface area (Å²) < 4.78 is 19.8. The molecule has 0 aliphatic rings. The molecule has 0 aromatic heterocycles. The zero-order valence-electron chi connectivity index (χ0n) is 12.6. The largest absolute Gasteiger partial charge is 0.481 e. The van der Waals surface area contributed by atoms with E-state index in [1.807, 2.05) is 60.7 Å². The Morgan fingerprint density at radius 2 is 1.42 bits per heavy atom. The van der Waals surface area contributed by atoms with Crippen LogP contribution < -0.4 is 4.74 Å². The number of hydrogen-bond acceptors (Lipinski definition) is 3. The van der Waals surface area contributed by atoms with Gasteiger partial charge in [-0.05, 0) is 17.2 Å². The van der Waals surface area contributed by atoms with Crippen molar-refractivity contribution in [1.29, 1.82) is 0 Å². The summed E-state index contributed by atoms with van der Waals surface area (Å²) in [6, 6.07) is 22.6. The SMILES string of the molecule is O=[N+]([O-])c1ccc(OC(c2ccccc2)c2ccccc2)cc1F. The zero-order chi connectivity index (χ0) is 16.9. The average molecular weight is 323 g/mol. The highest BCUT2D eigenvalue weighted by Gasteiger charge is 2.19. The second-order valence-electron chi connectivity index (χ2n) is 5.19. The summed E-state index contributed by atoms with van der Waals surface area (Å²) >= 11 is 0. The predicted octanol–water partition coefficient (Wildman–Crippen LogP) is 4.90. The van der Waals surface area contributed by atoms with Crippen LogP contribution in [0, 0.1) is 15.9 Å². The van der Waals surface area contributed by atoms with E-state index in [4.69, 9.17) is 4.74 Å². The lowest BCUT2D eigenvalue weighted by atomic mass is 10.0. The molecule has 3 aromatic carbocycles. The van der Waals surface area contributed by atoms with Gasteiger partial charge in [-0.25, -0.2) is 0 Å². The van der Waals surface area contributed by atoms with Gasteiger partial charge < -0.3 is 4.74 Å². The molecule has 24 heavy (non-hydrogen) atoms. The molecule has 0 spiro atoms. The molecule has 0 aliphatic heterocycles. The van der Waals surface area contributed by atoms with E-state index >= 15 is 0 Å². The van der Waals surface area contributed by atoms with E-state index in [2.05, 4.69) is 0 Å². The van der Waals surface area contributed by atoms with E-state index in [9.17, 15) is 14.5 Å². The molecule has 0 saturated heterocycles. The Morgan fingerprint density at radius 1 is 0.875 bits per heavy atom. The fourth-order valence-corrected chi connectivity index (χ4v) is 2.43. The Kier molecular flexibility index (Phi) is 4.52. The molecule has 0 heterocycles. The van der Waals surface area contributed by atoms with Crippen LogP contribution in [0.2, 0.25) is 0 Å². The van der Waals surface area contributed by atoms with E-state index in [1.165, 1.54) is 6.07 Å². The Balaban J connectivity index is 1.96. The zero-order valence-corrected chi connectivity index (χ0v) is 12.6. The van der Waals surface area contributed by atoms with Crippen molar-refractivity contribution < 1.29 is 14.1 Å². The third kappa shape index (κ3) is 3.41. The second kappa shape index (κ2) is 6.91. The minimum Gasteiger partial charge on any atom is -0.481 e. The van der Waals surface area contributed by atoms with E-state index in [1.54, 1.807) is 0 Å². The predicted molar refractivity (Wildman–Crippen MR) is 88.4 cm³/mol. The highest BCUT2D eigenvalue weighted by Crippen LogP contribution is 2.30. The van der Waals surface area contributed by atoms with E-state index in [0.29, 0.717) is 0 Å². The Bertz CT molecular complexity index is 798. The van der Waals surface area contributed by atoms with E-state index in [0.717, 1.165) is 23.3 Å². The molecule has 0 fully saturated rings. The van der Waals surface area contributed by atoms with Crippen LogP contribution in [0.1, 0.15) is 17.2 Å². The van der Waals surface area contributed by atoms with Gasteiger partial charge in [-0.15, -0.1) is 0 Å². The van der Waals surface area contributed by atoms with Gasteiger partial charge >= 0.3 is 5.69 Å². The molecule has 3 aromatic rings. The molecule has 0 saturated carbocycles.